The van der Waals surface area contributed by atoms with Crippen LogP contribution < -0.4 is 21.5 Å². The zero-order chi connectivity index (χ0) is 22.1. The number of amides is 2. The quantitative estimate of drug-likeness (QED) is 0.518. The van der Waals surface area contributed by atoms with E-state index in [1.807, 2.05) is 63.2 Å². The first-order valence-electron chi connectivity index (χ1n) is 9.96. The minimum Gasteiger partial charge on any atom is -0.326 e. The molecular weight excluding hydrogens is 394 g/mol. The number of aromatic nitrogens is 2. The fourth-order valence-corrected chi connectivity index (χ4v) is 3.60. The Morgan fingerprint density at radius 1 is 1.03 bits per heavy atom. The standard InChI is InChI=1S/C23H23N5O3/c1-12-4-7-15(8-5-12)24-23-27-20-19(22(31)28-23)16(11-18(29)26-20)21(30)25-17-9-6-13(2)10-14(17)3/h4-10,16H,11H2,1-3H3,(H,25,30)(H3,24,26,27,28,29,31)/t16-/m1/s1. The molecule has 0 radical (unpaired) electrons. The molecular formula is C23H23N5O3. The van der Waals surface area contributed by atoms with E-state index in [1.165, 1.54) is 0 Å². The molecule has 4 N–H and O–H groups in total. The molecule has 0 fully saturated rings. The summed E-state index contributed by atoms with van der Waals surface area (Å²) < 4.78 is 0. The molecule has 4 rings (SSSR count). The van der Waals surface area contributed by atoms with Crippen molar-refractivity contribution in [2.24, 2.45) is 0 Å². The summed E-state index contributed by atoms with van der Waals surface area (Å²) in [7, 11) is 0. The Bertz CT molecular complexity index is 1230. The summed E-state index contributed by atoms with van der Waals surface area (Å²) in [6.07, 6.45) is -0.126. The van der Waals surface area contributed by atoms with E-state index in [-0.39, 0.29) is 29.7 Å². The van der Waals surface area contributed by atoms with Gasteiger partial charge in [-0.15, -0.1) is 0 Å². The molecule has 0 spiro atoms. The van der Waals surface area contributed by atoms with Crippen LogP contribution in [-0.4, -0.2) is 21.8 Å². The number of nitrogens with one attached hydrogen (secondary N) is 4. The zero-order valence-electron chi connectivity index (χ0n) is 17.5. The average Bonchev–Trinajstić information content (AvgIpc) is 2.71. The van der Waals surface area contributed by atoms with E-state index in [0.717, 1.165) is 22.4 Å². The summed E-state index contributed by atoms with van der Waals surface area (Å²) in [6, 6.07) is 13.2. The van der Waals surface area contributed by atoms with Crippen molar-refractivity contribution in [2.75, 3.05) is 16.0 Å². The van der Waals surface area contributed by atoms with Gasteiger partial charge in [-0.05, 0) is 44.5 Å². The molecule has 8 nitrogen and oxygen atoms in total. The Labute approximate surface area is 179 Å². The van der Waals surface area contributed by atoms with Gasteiger partial charge in [-0.3, -0.25) is 19.4 Å². The van der Waals surface area contributed by atoms with Crippen molar-refractivity contribution in [1.29, 1.82) is 0 Å². The second-order valence-electron chi connectivity index (χ2n) is 7.78. The first-order chi connectivity index (χ1) is 14.8. The third kappa shape index (κ3) is 4.32. The summed E-state index contributed by atoms with van der Waals surface area (Å²) in [6.45, 7) is 5.83. The number of rotatable bonds is 4. The maximum absolute atomic E-state index is 13.0. The van der Waals surface area contributed by atoms with Crippen LogP contribution in [-0.2, 0) is 9.59 Å². The average molecular weight is 417 g/mol. The highest BCUT2D eigenvalue weighted by Crippen LogP contribution is 2.30. The normalized spacial score (nSPS) is 15.1. The lowest BCUT2D eigenvalue weighted by Crippen LogP contribution is -2.36. The molecule has 1 aromatic heterocycles. The molecule has 0 saturated carbocycles. The third-order valence-corrected chi connectivity index (χ3v) is 5.22. The molecule has 3 aromatic rings. The van der Waals surface area contributed by atoms with Crippen molar-refractivity contribution in [3.05, 3.63) is 75.1 Å². The number of benzene rings is 2. The van der Waals surface area contributed by atoms with Crippen molar-refractivity contribution in [1.82, 2.24) is 9.97 Å². The first kappa shape index (κ1) is 20.3. The van der Waals surface area contributed by atoms with Crippen LogP contribution in [0.25, 0.3) is 0 Å². The highest BCUT2D eigenvalue weighted by atomic mass is 16.2. The largest absolute Gasteiger partial charge is 0.326 e. The lowest BCUT2D eigenvalue weighted by Gasteiger charge is -2.24. The van der Waals surface area contributed by atoms with Gasteiger partial charge in [-0.1, -0.05) is 35.4 Å². The Balaban J connectivity index is 1.64. The summed E-state index contributed by atoms with van der Waals surface area (Å²) in [5.74, 6) is -1.45. The van der Waals surface area contributed by atoms with Crippen molar-refractivity contribution in [3.8, 4) is 0 Å². The summed E-state index contributed by atoms with van der Waals surface area (Å²) in [4.78, 5) is 45.1. The van der Waals surface area contributed by atoms with Crippen LogP contribution >= 0.6 is 0 Å². The lowest BCUT2D eigenvalue weighted by atomic mass is 9.92. The van der Waals surface area contributed by atoms with Gasteiger partial charge in [0.2, 0.25) is 17.8 Å². The number of H-pyrrole nitrogens is 1. The fraction of sp³-hybridized carbons (Fsp3) is 0.217. The predicted molar refractivity (Wildman–Crippen MR) is 120 cm³/mol. The molecule has 0 bridgehead atoms. The molecule has 1 aliphatic rings. The maximum Gasteiger partial charge on any atom is 0.258 e. The summed E-state index contributed by atoms with van der Waals surface area (Å²) in [5, 5.41) is 8.47. The fourth-order valence-electron chi connectivity index (χ4n) is 3.60. The van der Waals surface area contributed by atoms with Gasteiger partial charge in [0, 0.05) is 17.8 Å². The van der Waals surface area contributed by atoms with Gasteiger partial charge >= 0.3 is 0 Å². The Morgan fingerprint density at radius 3 is 2.45 bits per heavy atom. The van der Waals surface area contributed by atoms with E-state index in [2.05, 4.69) is 25.9 Å². The summed E-state index contributed by atoms with van der Waals surface area (Å²) >= 11 is 0. The molecule has 2 amide bonds. The van der Waals surface area contributed by atoms with E-state index in [9.17, 15) is 14.4 Å². The van der Waals surface area contributed by atoms with Crippen LogP contribution in [0, 0.1) is 20.8 Å². The first-order valence-corrected chi connectivity index (χ1v) is 9.96. The van der Waals surface area contributed by atoms with Gasteiger partial charge in [0.05, 0.1) is 11.5 Å². The van der Waals surface area contributed by atoms with E-state index in [0.29, 0.717) is 5.69 Å². The number of aryl methyl sites for hydroxylation is 3. The van der Waals surface area contributed by atoms with Crippen molar-refractivity contribution < 1.29 is 9.59 Å². The second kappa shape index (κ2) is 8.06. The monoisotopic (exact) mass is 417 g/mol. The molecule has 0 saturated heterocycles. The zero-order valence-corrected chi connectivity index (χ0v) is 17.5. The van der Waals surface area contributed by atoms with Crippen LogP contribution in [0.5, 0.6) is 0 Å². The van der Waals surface area contributed by atoms with Crippen molar-refractivity contribution in [3.63, 3.8) is 0 Å². The maximum atomic E-state index is 13.0. The number of hydrogen-bond acceptors (Lipinski definition) is 5. The number of hydrogen-bond donors (Lipinski definition) is 4. The highest BCUT2D eigenvalue weighted by Gasteiger charge is 2.35. The Kier molecular flexibility index (Phi) is 5.29. The number of aromatic amines is 1. The second-order valence-corrected chi connectivity index (χ2v) is 7.78. The van der Waals surface area contributed by atoms with Crippen molar-refractivity contribution in [2.45, 2.75) is 33.1 Å². The number of anilines is 4. The Morgan fingerprint density at radius 2 is 1.74 bits per heavy atom. The van der Waals surface area contributed by atoms with Gasteiger partial charge in [0.25, 0.3) is 5.56 Å². The van der Waals surface area contributed by atoms with Crippen LogP contribution in [0.4, 0.5) is 23.1 Å². The number of fused-ring (bicyclic) bond motifs is 1. The van der Waals surface area contributed by atoms with Crippen LogP contribution in [0.3, 0.4) is 0 Å². The summed E-state index contributed by atoms with van der Waals surface area (Å²) in [5.41, 5.74) is 4.13. The van der Waals surface area contributed by atoms with Gasteiger partial charge in [-0.2, -0.15) is 4.98 Å². The molecule has 0 aliphatic carbocycles. The molecule has 0 unspecified atom stereocenters. The van der Waals surface area contributed by atoms with Gasteiger partial charge in [0.1, 0.15) is 5.82 Å². The minimum absolute atomic E-state index is 0.0930. The SMILES string of the molecule is Cc1ccc(Nc2nc3c(c(=O)[nH]2)[C@H](C(=O)Nc2ccc(C)cc2C)CC(=O)N3)cc1. The smallest absolute Gasteiger partial charge is 0.258 e. The van der Waals surface area contributed by atoms with Gasteiger partial charge in [-0.25, -0.2) is 0 Å². The number of carbonyl (C=O) groups excluding carboxylic acids is 2. The van der Waals surface area contributed by atoms with Gasteiger partial charge in [0.15, 0.2) is 0 Å². The lowest BCUT2D eigenvalue weighted by molar-refractivity contribution is -0.123. The van der Waals surface area contributed by atoms with Crippen molar-refractivity contribution >= 4 is 35.0 Å². The van der Waals surface area contributed by atoms with Crippen LogP contribution in [0.15, 0.2) is 47.3 Å². The molecule has 1 aliphatic heterocycles. The molecule has 31 heavy (non-hydrogen) atoms. The van der Waals surface area contributed by atoms with E-state index >= 15 is 0 Å². The van der Waals surface area contributed by atoms with Crippen LogP contribution in [0.1, 0.15) is 34.6 Å². The number of nitrogens with zero attached hydrogens (tertiary/aromatic N) is 1. The van der Waals surface area contributed by atoms with Gasteiger partial charge < -0.3 is 16.0 Å². The Hall–Kier alpha value is -3.94. The highest BCUT2D eigenvalue weighted by molar-refractivity contribution is 6.04. The molecule has 2 heterocycles. The molecule has 2 aromatic carbocycles. The van der Waals surface area contributed by atoms with Crippen LogP contribution in [0.2, 0.25) is 0 Å². The molecule has 158 valence electrons. The predicted octanol–water partition coefficient (Wildman–Crippen LogP) is 3.50. The molecule has 8 heteroatoms. The minimum atomic E-state index is -0.936. The van der Waals surface area contributed by atoms with E-state index in [1.54, 1.807) is 0 Å². The van der Waals surface area contributed by atoms with E-state index in [4.69, 9.17) is 0 Å². The van der Waals surface area contributed by atoms with E-state index < -0.39 is 17.4 Å². The molecule has 1 atom stereocenters. The number of carbonyl (C=O) groups is 2. The topological polar surface area (TPSA) is 116 Å². The third-order valence-electron chi connectivity index (χ3n) is 5.22.